The molecule has 3 aromatic rings. The standard InChI is InChI=1S/C24H22F4N4O4/c1-12-18(20(33)22(35)31-23(10-36-11-23)14-6-7-29-9-14)13(2)32(3)19(12)21(34)30-15-4-5-17(25)16(8-15)24(26,27)28/h4-9,29H,10-11H2,1-3H3,(H,30,34)(H,31,35). The average Bonchev–Trinajstić information content (AvgIpc) is 3.38. The van der Waals surface area contributed by atoms with Gasteiger partial charge in [0.25, 0.3) is 17.6 Å². The Kier molecular flexibility index (Phi) is 6.25. The van der Waals surface area contributed by atoms with Gasteiger partial charge in [0.05, 0.1) is 24.3 Å². The Hall–Kier alpha value is -3.93. The summed E-state index contributed by atoms with van der Waals surface area (Å²) in [6, 6.07) is 3.84. The van der Waals surface area contributed by atoms with Gasteiger partial charge in [-0.3, -0.25) is 14.4 Å². The van der Waals surface area contributed by atoms with Gasteiger partial charge in [0, 0.05) is 30.8 Å². The first kappa shape index (κ1) is 25.2. The summed E-state index contributed by atoms with van der Waals surface area (Å²) in [4.78, 5) is 41.9. The fourth-order valence-electron chi connectivity index (χ4n) is 4.27. The number of nitrogens with zero attached hydrogens (tertiary/aromatic N) is 1. The van der Waals surface area contributed by atoms with Crippen LogP contribution in [0.15, 0.2) is 36.7 Å². The first-order chi connectivity index (χ1) is 16.9. The topological polar surface area (TPSA) is 105 Å². The number of H-pyrrole nitrogens is 1. The molecule has 1 fully saturated rings. The van der Waals surface area contributed by atoms with Crippen molar-refractivity contribution >= 4 is 23.3 Å². The molecule has 1 saturated heterocycles. The van der Waals surface area contributed by atoms with Gasteiger partial charge in [-0.1, -0.05) is 0 Å². The SMILES string of the molecule is Cc1c(C(=O)C(=O)NC2(c3cc[nH]c3)COC2)c(C)n(C)c1C(=O)Nc1ccc(F)c(C(F)(F)F)c1. The van der Waals surface area contributed by atoms with Gasteiger partial charge in [0.1, 0.15) is 17.1 Å². The van der Waals surface area contributed by atoms with Crippen LogP contribution in [-0.2, 0) is 28.3 Å². The molecule has 0 radical (unpaired) electrons. The Morgan fingerprint density at radius 2 is 1.83 bits per heavy atom. The number of rotatable bonds is 6. The highest BCUT2D eigenvalue weighted by Gasteiger charge is 2.44. The molecule has 3 heterocycles. The third-order valence-corrected chi connectivity index (χ3v) is 6.31. The van der Waals surface area contributed by atoms with E-state index < -0.39 is 40.7 Å². The van der Waals surface area contributed by atoms with Crippen molar-refractivity contribution in [3.05, 3.63) is 76.1 Å². The van der Waals surface area contributed by atoms with E-state index in [0.29, 0.717) is 17.8 Å². The van der Waals surface area contributed by atoms with E-state index in [4.69, 9.17) is 4.74 Å². The summed E-state index contributed by atoms with van der Waals surface area (Å²) in [6.45, 7) is 3.37. The molecule has 12 heteroatoms. The van der Waals surface area contributed by atoms with Crippen LogP contribution in [0.1, 0.15) is 43.2 Å². The van der Waals surface area contributed by atoms with Gasteiger partial charge in [-0.25, -0.2) is 4.39 Å². The number of Topliss-reactive ketones (excluding diaryl/α,β-unsaturated/α-hetero) is 1. The van der Waals surface area contributed by atoms with Crippen molar-refractivity contribution in [2.75, 3.05) is 18.5 Å². The van der Waals surface area contributed by atoms with E-state index in [1.54, 1.807) is 25.4 Å². The number of amides is 2. The number of alkyl halides is 3. The van der Waals surface area contributed by atoms with Gasteiger partial charge in [-0.15, -0.1) is 0 Å². The van der Waals surface area contributed by atoms with Crippen molar-refractivity contribution in [3.63, 3.8) is 0 Å². The van der Waals surface area contributed by atoms with Crippen molar-refractivity contribution in [1.29, 1.82) is 0 Å². The van der Waals surface area contributed by atoms with E-state index in [2.05, 4.69) is 15.6 Å². The second kappa shape index (κ2) is 8.94. The summed E-state index contributed by atoms with van der Waals surface area (Å²) >= 11 is 0. The lowest BCUT2D eigenvalue weighted by atomic mass is 9.89. The average molecular weight is 506 g/mol. The Morgan fingerprint density at radius 3 is 2.39 bits per heavy atom. The summed E-state index contributed by atoms with van der Waals surface area (Å²) in [5.41, 5.74) is -1.47. The summed E-state index contributed by atoms with van der Waals surface area (Å²) in [5.74, 6) is -4.06. The van der Waals surface area contributed by atoms with Crippen LogP contribution in [0, 0.1) is 19.7 Å². The largest absolute Gasteiger partial charge is 0.419 e. The van der Waals surface area contributed by atoms with Crippen molar-refractivity contribution in [2.45, 2.75) is 25.6 Å². The summed E-state index contributed by atoms with van der Waals surface area (Å²) in [6.07, 6.45) is -1.58. The molecule has 1 aliphatic heterocycles. The van der Waals surface area contributed by atoms with Crippen LogP contribution >= 0.6 is 0 Å². The molecule has 8 nitrogen and oxygen atoms in total. The molecule has 1 aromatic carbocycles. The number of carbonyl (C=O) groups excluding carboxylic acids is 3. The van der Waals surface area contributed by atoms with Gasteiger partial charge in [-0.05, 0) is 49.2 Å². The first-order valence-electron chi connectivity index (χ1n) is 10.8. The number of carbonyl (C=O) groups is 3. The van der Waals surface area contributed by atoms with Crippen molar-refractivity contribution in [2.24, 2.45) is 7.05 Å². The van der Waals surface area contributed by atoms with Crippen molar-refractivity contribution in [3.8, 4) is 0 Å². The summed E-state index contributed by atoms with van der Waals surface area (Å²) < 4.78 is 59.3. The van der Waals surface area contributed by atoms with E-state index in [1.807, 2.05) is 0 Å². The first-order valence-corrected chi connectivity index (χ1v) is 10.8. The van der Waals surface area contributed by atoms with Crippen LogP contribution in [0.4, 0.5) is 23.2 Å². The molecule has 0 saturated carbocycles. The fraction of sp³-hybridized carbons (Fsp3) is 0.292. The molecule has 0 spiro atoms. The number of aromatic nitrogens is 2. The molecule has 190 valence electrons. The Balaban J connectivity index is 1.59. The molecule has 3 N–H and O–H groups in total. The molecule has 2 amide bonds. The van der Waals surface area contributed by atoms with Crippen LogP contribution in [0.5, 0.6) is 0 Å². The van der Waals surface area contributed by atoms with E-state index >= 15 is 0 Å². The van der Waals surface area contributed by atoms with Crippen molar-refractivity contribution in [1.82, 2.24) is 14.9 Å². The number of hydrogen-bond donors (Lipinski definition) is 3. The number of hydrogen-bond acceptors (Lipinski definition) is 4. The number of benzene rings is 1. The number of halogens is 4. The highest BCUT2D eigenvalue weighted by atomic mass is 19.4. The molecule has 2 aromatic heterocycles. The smallest absolute Gasteiger partial charge is 0.376 e. The van der Waals surface area contributed by atoms with Gasteiger partial charge in [-0.2, -0.15) is 13.2 Å². The molecule has 0 atom stereocenters. The highest BCUT2D eigenvalue weighted by Crippen LogP contribution is 2.34. The number of aromatic amines is 1. The molecular weight excluding hydrogens is 484 g/mol. The van der Waals surface area contributed by atoms with E-state index in [0.717, 1.165) is 11.6 Å². The van der Waals surface area contributed by atoms with Crippen LogP contribution in [0.25, 0.3) is 0 Å². The summed E-state index contributed by atoms with van der Waals surface area (Å²) in [7, 11) is 1.48. The van der Waals surface area contributed by atoms with E-state index in [1.165, 1.54) is 18.5 Å². The minimum Gasteiger partial charge on any atom is -0.376 e. The maximum absolute atomic E-state index is 13.6. The van der Waals surface area contributed by atoms with E-state index in [-0.39, 0.29) is 35.7 Å². The number of nitrogens with one attached hydrogen (secondary N) is 3. The third-order valence-electron chi connectivity index (χ3n) is 6.31. The van der Waals surface area contributed by atoms with E-state index in [9.17, 15) is 31.9 Å². The lowest BCUT2D eigenvalue weighted by Gasteiger charge is -2.41. The quantitative estimate of drug-likeness (QED) is 0.270. The third kappa shape index (κ3) is 4.28. The molecule has 1 aliphatic rings. The molecule has 4 rings (SSSR count). The normalized spacial score (nSPS) is 14.8. The van der Waals surface area contributed by atoms with Crippen molar-refractivity contribution < 1.29 is 36.7 Å². The maximum Gasteiger partial charge on any atom is 0.419 e. The zero-order valence-corrected chi connectivity index (χ0v) is 19.5. The molecule has 0 aliphatic carbocycles. The van der Waals surface area contributed by atoms with Crippen LogP contribution in [-0.4, -0.2) is 40.4 Å². The molecule has 36 heavy (non-hydrogen) atoms. The predicted molar refractivity (Wildman–Crippen MR) is 120 cm³/mol. The molecular formula is C24H22F4N4O4. The Labute approximate surface area is 202 Å². The summed E-state index contributed by atoms with van der Waals surface area (Å²) in [5, 5.41) is 5.03. The lowest BCUT2D eigenvalue weighted by Crippen LogP contribution is -2.60. The van der Waals surface area contributed by atoms with Gasteiger partial charge in [0.2, 0.25) is 0 Å². The van der Waals surface area contributed by atoms with Gasteiger partial charge < -0.3 is 24.9 Å². The molecule has 0 bridgehead atoms. The number of anilines is 1. The fourth-order valence-corrected chi connectivity index (χ4v) is 4.27. The number of ketones is 1. The Bertz CT molecular complexity index is 1360. The van der Waals surface area contributed by atoms with Gasteiger partial charge >= 0.3 is 6.18 Å². The Morgan fingerprint density at radius 1 is 1.14 bits per heavy atom. The zero-order valence-electron chi connectivity index (χ0n) is 19.5. The van der Waals surface area contributed by atoms with Crippen LogP contribution in [0.2, 0.25) is 0 Å². The van der Waals surface area contributed by atoms with Crippen LogP contribution < -0.4 is 10.6 Å². The minimum atomic E-state index is -4.95. The van der Waals surface area contributed by atoms with Crippen LogP contribution in [0.3, 0.4) is 0 Å². The maximum atomic E-state index is 13.6. The number of ether oxygens (including phenoxy) is 1. The monoisotopic (exact) mass is 506 g/mol. The highest BCUT2D eigenvalue weighted by molar-refractivity contribution is 6.43. The second-order valence-corrected chi connectivity index (χ2v) is 8.60. The minimum absolute atomic E-state index is 0.000280. The lowest BCUT2D eigenvalue weighted by molar-refractivity contribution is -0.140. The van der Waals surface area contributed by atoms with Gasteiger partial charge in [0.15, 0.2) is 0 Å². The zero-order chi connectivity index (χ0) is 26.4. The second-order valence-electron chi connectivity index (χ2n) is 8.60. The molecule has 0 unspecified atom stereocenters. The predicted octanol–water partition coefficient (Wildman–Crippen LogP) is 3.60.